The zero-order valence-corrected chi connectivity index (χ0v) is 16.3. The number of aromatic nitrogens is 1. The predicted octanol–water partition coefficient (Wildman–Crippen LogP) is 3.78. The minimum absolute atomic E-state index is 0.0149. The summed E-state index contributed by atoms with van der Waals surface area (Å²) in [5.41, 5.74) is 4.31. The summed E-state index contributed by atoms with van der Waals surface area (Å²) in [6.45, 7) is 2.45. The molecule has 3 heterocycles. The van der Waals surface area contributed by atoms with Gasteiger partial charge in [-0.25, -0.2) is 0 Å². The summed E-state index contributed by atoms with van der Waals surface area (Å²) in [6, 6.07) is 20.7. The molecule has 5 rings (SSSR count). The van der Waals surface area contributed by atoms with Crippen molar-refractivity contribution in [3.05, 3.63) is 88.8 Å². The van der Waals surface area contributed by atoms with Gasteiger partial charge in [-0.2, -0.15) is 0 Å². The van der Waals surface area contributed by atoms with E-state index in [1.54, 1.807) is 0 Å². The highest BCUT2D eigenvalue weighted by Gasteiger charge is 2.34. The molecule has 5 nitrogen and oxygen atoms in total. The van der Waals surface area contributed by atoms with Gasteiger partial charge in [0.05, 0.1) is 25.0 Å². The molecule has 1 unspecified atom stereocenters. The molecule has 2 aliphatic heterocycles. The highest BCUT2D eigenvalue weighted by atomic mass is 16.5. The van der Waals surface area contributed by atoms with Gasteiger partial charge in [-0.05, 0) is 17.5 Å². The third-order valence-corrected chi connectivity index (χ3v) is 5.99. The summed E-state index contributed by atoms with van der Waals surface area (Å²) in [5, 5.41) is 4.50. The van der Waals surface area contributed by atoms with Gasteiger partial charge in [-0.3, -0.25) is 4.79 Å². The minimum Gasteiger partial charge on any atom is -0.381 e. The lowest BCUT2D eigenvalue weighted by molar-refractivity contribution is -0.136. The molecular weight excluding hydrogens is 364 g/mol. The first kappa shape index (κ1) is 18.1. The van der Waals surface area contributed by atoms with Crippen LogP contribution in [0, 0.1) is 5.92 Å². The topological polar surface area (TPSA) is 55.6 Å². The standard InChI is InChI=1S/C24H24N2O3/c27-24(19-12-14-28-16-19)26-13-11-21-20(15-26)23(25-29-21)22(17-7-3-1-4-8-17)18-9-5-2-6-10-18/h1-10,19,22H,11-16H2. The second-order valence-electron chi connectivity index (χ2n) is 7.79. The van der Waals surface area contributed by atoms with Gasteiger partial charge >= 0.3 is 0 Å². The van der Waals surface area contributed by atoms with Crippen molar-refractivity contribution in [1.29, 1.82) is 0 Å². The Morgan fingerprint density at radius 3 is 2.34 bits per heavy atom. The maximum atomic E-state index is 12.9. The molecule has 148 valence electrons. The van der Waals surface area contributed by atoms with Crippen LogP contribution in [-0.2, 0) is 22.5 Å². The maximum Gasteiger partial charge on any atom is 0.228 e. The minimum atomic E-state index is -0.0187. The third kappa shape index (κ3) is 3.47. The van der Waals surface area contributed by atoms with Crippen molar-refractivity contribution in [3.8, 4) is 0 Å². The monoisotopic (exact) mass is 388 g/mol. The Labute approximate surface area is 170 Å². The Bertz CT molecular complexity index is 938. The van der Waals surface area contributed by atoms with Gasteiger partial charge in [0.25, 0.3) is 0 Å². The van der Waals surface area contributed by atoms with Crippen molar-refractivity contribution in [1.82, 2.24) is 10.1 Å². The summed E-state index contributed by atoms with van der Waals surface area (Å²) in [4.78, 5) is 14.9. The Balaban J connectivity index is 1.51. The van der Waals surface area contributed by atoms with Crippen LogP contribution < -0.4 is 0 Å². The number of carbonyl (C=O) groups excluding carboxylic acids is 1. The van der Waals surface area contributed by atoms with Crippen LogP contribution in [0.5, 0.6) is 0 Å². The molecule has 0 radical (unpaired) electrons. The van der Waals surface area contributed by atoms with Crippen LogP contribution in [0.25, 0.3) is 0 Å². The van der Waals surface area contributed by atoms with E-state index in [1.807, 2.05) is 41.3 Å². The largest absolute Gasteiger partial charge is 0.381 e. The van der Waals surface area contributed by atoms with Gasteiger partial charge in [0.2, 0.25) is 5.91 Å². The smallest absolute Gasteiger partial charge is 0.228 e. The third-order valence-electron chi connectivity index (χ3n) is 5.99. The Hall–Kier alpha value is -2.92. The predicted molar refractivity (Wildman–Crippen MR) is 108 cm³/mol. The molecule has 0 saturated carbocycles. The molecule has 0 aliphatic carbocycles. The number of ether oxygens (including phenoxy) is 1. The van der Waals surface area contributed by atoms with Gasteiger partial charge in [0, 0.05) is 25.1 Å². The van der Waals surface area contributed by atoms with Gasteiger partial charge in [-0.15, -0.1) is 0 Å². The van der Waals surface area contributed by atoms with E-state index in [2.05, 4.69) is 29.4 Å². The lowest BCUT2D eigenvalue weighted by atomic mass is 9.85. The summed E-state index contributed by atoms with van der Waals surface area (Å²) in [7, 11) is 0. The summed E-state index contributed by atoms with van der Waals surface area (Å²) >= 11 is 0. The molecule has 1 amide bonds. The Kier molecular flexibility index (Phi) is 4.90. The quantitative estimate of drug-likeness (QED) is 0.683. The zero-order valence-electron chi connectivity index (χ0n) is 16.3. The molecule has 0 bridgehead atoms. The molecule has 29 heavy (non-hydrogen) atoms. The van der Waals surface area contributed by atoms with Crippen LogP contribution in [-0.4, -0.2) is 35.7 Å². The summed E-state index contributed by atoms with van der Waals surface area (Å²) in [5.74, 6) is 1.06. The number of hydrogen-bond acceptors (Lipinski definition) is 4. The van der Waals surface area contributed by atoms with Crippen molar-refractivity contribution in [2.45, 2.75) is 25.3 Å². The van der Waals surface area contributed by atoms with Crippen LogP contribution in [0.15, 0.2) is 65.2 Å². The lowest BCUT2D eigenvalue weighted by Crippen LogP contribution is -2.40. The number of hydrogen-bond donors (Lipinski definition) is 0. The average molecular weight is 388 g/mol. The molecule has 0 N–H and O–H groups in total. The van der Waals surface area contributed by atoms with E-state index in [1.165, 1.54) is 11.1 Å². The van der Waals surface area contributed by atoms with Crippen molar-refractivity contribution < 1.29 is 14.1 Å². The van der Waals surface area contributed by atoms with Crippen LogP contribution in [0.3, 0.4) is 0 Å². The first-order chi connectivity index (χ1) is 14.3. The number of benzene rings is 2. The number of amides is 1. The van der Waals surface area contributed by atoms with E-state index in [0.717, 1.165) is 23.4 Å². The molecule has 1 atom stereocenters. The molecule has 0 spiro atoms. The Morgan fingerprint density at radius 2 is 1.72 bits per heavy atom. The molecule has 2 aliphatic rings. The summed E-state index contributed by atoms with van der Waals surface area (Å²) in [6.07, 6.45) is 1.52. The number of nitrogens with zero attached hydrogens (tertiary/aromatic N) is 2. The van der Waals surface area contributed by atoms with Crippen LogP contribution in [0.4, 0.5) is 0 Å². The SMILES string of the molecule is O=C(C1CCOC1)N1CCc2onc(C(c3ccccc3)c3ccccc3)c2C1. The van der Waals surface area contributed by atoms with Crippen molar-refractivity contribution in [3.63, 3.8) is 0 Å². The fourth-order valence-electron chi connectivity index (χ4n) is 4.43. The number of rotatable bonds is 4. The van der Waals surface area contributed by atoms with E-state index in [0.29, 0.717) is 32.7 Å². The van der Waals surface area contributed by atoms with Gasteiger partial charge < -0.3 is 14.2 Å². The first-order valence-electron chi connectivity index (χ1n) is 10.2. The summed E-state index contributed by atoms with van der Waals surface area (Å²) < 4.78 is 11.2. The number of carbonyl (C=O) groups is 1. The van der Waals surface area contributed by atoms with E-state index < -0.39 is 0 Å². The van der Waals surface area contributed by atoms with Crippen LogP contribution >= 0.6 is 0 Å². The molecule has 1 aromatic heterocycles. The molecule has 1 fully saturated rings. The fraction of sp³-hybridized carbons (Fsp3) is 0.333. The normalized spacial score (nSPS) is 18.8. The first-order valence-corrected chi connectivity index (χ1v) is 10.2. The van der Waals surface area contributed by atoms with E-state index in [9.17, 15) is 4.79 Å². The molecular formula is C24H24N2O3. The highest BCUT2D eigenvalue weighted by Crippen LogP contribution is 2.36. The van der Waals surface area contributed by atoms with Crippen molar-refractivity contribution in [2.75, 3.05) is 19.8 Å². The molecule has 2 aromatic carbocycles. The number of fused-ring (bicyclic) bond motifs is 1. The fourth-order valence-corrected chi connectivity index (χ4v) is 4.43. The van der Waals surface area contributed by atoms with Crippen LogP contribution in [0.2, 0.25) is 0 Å². The van der Waals surface area contributed by atoms with Crippen molar-refractivity contribution in [2.24, 2.45) is 5.92 Å². The molecule has 5 heteroatoms. The van der Waals surface area contributed by atoms with Gasteiger partial charge in [-0.1, -0.05) is 65.8 Å². The zero-order chi connectivity index (χ0) is 19.6. The molecule has 1 saturated heterocycles. The van der Waals surface area contributed by atoms with Gasteiger partial charge in [0.15, 0.2) is 0 Å². The van der Waals surface area contributed by atoms with Gasteiger partial charge in [0.1, 0.15) is 11.5 Å². The maximum absolute atomic E-state index is 12.9. The van der Waals surface area contributed by atoms with E-state index in [4.69, 9.17) is 9.26 Å². The second kappa shape index (κ2) is 7.84. The highest BCUT2D eigenvalue weighted by molar-refractivity contribution is 5.79. The molecule has 3 aromatic rings. The van der Waals surface area contributed by atoms with Crippen molar-refractivity contribution >= 4 is 5.91 Å². The van der Waals surface area contributed by atoms with Crippen LogP contribution in [0.1, 0.15) is 40.5 Å². The van der Waals surface area contributed by atoms with E-state index in [-0.39, 0.29) is 17.7 Å². The van der Waals surface area contributed by atoms with E-state index >= 15 is 0 Å². The lowest BCUT2D eigenvalue weighted by Gasteiger charge is -2.29. The Morgan fingerprint density at radius 1 is 1.03 bits per heavy atom. The average Bonchev–Trinajstić information content (AvgIpc) is 3.45. The second-order valence-corrected chi connectivity index (χ2v) is 7.79.